The molecule has 2 aliphatic rings. The van der Waals surface area contributed by atoms with E-state index in [0.29, 0.717) is 16.7 Å². The highest BCUT2D eigenvalue weighted by Crippen LogP contribution is 2.53. The van der Waals surface area contributed by atoms with E-state index in [2.05, 4.69) is 61.8 Å². The lowest BCUT2D eigenvalue weighted by molar-refractivity contribution is 0.0969. The number of aliphatic hydroxyl groups excluding tert-OH is 1. The van der Waals surface area contributed by atoms with Gasteiger partial charge in [0.15, 0.2) is 0 Å². The van der Waals surface area contributed by atoms with E-state index in [1.54, 1.807) is 5.56 Å². The van der Waals surface area contributed by atoms with Gasteiger partial charge in [0.25, 0.3) is 0 Å². The third kappa shape index (κ3) is 5.48. The minimum atomic E-state index is -0.193. The molecule has 3 rings (SSSR count). The molecule has 27 heavy (non-hydrogen) atoms. The predicted octanol–water partition coefficient (Wildman–Crippen LogP) is 4.90. The van der Waals surface area contributed by atoms with Crippen molar-refractivity contribution in [1.82, 2.24) is 4.90 Å². The quantitative estimate of drug-likeness (QED) is 0.796. The lowest BCUT2D eigenvalue weighted by Gasteiger charge is -2.46. The summed E-state index contributed by atoms with van der Waals surface area (Å²) in [7, 11) is 0. The van der Waals surface area contributed by atoms with Gasteiger partial charge >= 0.3 is 0 Å². The number of rotatable bonds is 5. The summed E-state index contributed by atoms with van der Waals surface area (Å²) in [5.74, 6) is 0.660. The molecular weight excluding hydrogens is 332 g/mol. The highest BCUT2D eigenvalue weighted by molar-refractivity contribution is 5.56. The molecule has 0 bridgehead atoms. The van der Waals surface area contributed by atoms with Gasteiger partial charge in [0, 0.05) is 38.4 Å². The van der Waals surface area contributed by atoms with Crippen LogP contribution >= 0.6 is 0 Å². The van der Waals surface area contributed by atoms with E-state index >= 15 is 0 Å². The van der Waals surface area contributed by atoms with E-state index in [9.17, 15) is 5.11 Å². The number of benzene rings is 1. The standard InChI is InChI=1S/C24H40N2O/c1-19(27)10-11-25-12-14-26(15-13-25)22-9-7-6-8-21(22)20-16-23(2,3)18-24(4,5)17-20/h6-9,19-20,27H,10-18H2,1-5H3. The van der Waals surface area contributed by atoms with Crippen molar-refractivity contribution in [2.75, 3.05) is 37.6 Å². The Morgan fingerprint density at radius 1 is 1.00 bits per heavy atom. The molecule has 1 saturated heterocycles. The maximum Gasteiger partial charge on any atom is 0.0524 e. The van der Waals surface area contributed by atoms with Gasteiger partial charge in [-0.25, -0.2) is 0 Å². The van der Waals surface area contributed by atoms with E-state index in [1.165, 1.54) is 24.9 Å². The van der Waals surface area contributed by atoms with Gasteiger partial charge in [0.2, 0.25) is 0 Å². The van der Waals surface area contributed by atoms with Crippen molar-refractivity contribution in [3.63, 3.8) is 0 Å². The van der Waals surface area contributed by atoms with Crippen LogP contribution < -0.4 is 4.90 Å². The Balaban J connectivity index is 1.72. The second-order valence-corrected chi connectivity index (χ2v) is 10.6. The Hall–Kier alpha value is -1.06. The number of piperazine rings is 1. The molecule has 3 heteroatoms. The van der Waals surface area contributed by atoms with Crippen LogP contribution in [0.1, 0.15) is 71.8 Å². The summed E-state index contributed by atoms with van der Waals surface area (Å²) in [6.07, 6.45) is 4.59. The summed E-state index contributed by atoms with van der Waals surface area (Å²) >= 11 is 0. The fourth-order valence-electron chi connectivity index (χ4n) is 5.77. The van der Waals surface area contributed by atoms with Gasteiger partial charge in [0.1, 0.15) is 0 Å². The maximum absolute atomic E-state index is 9.54. The minimum absolute atomic E-state index is 0.193. The molecule has 1 saturated carbocycles. The van der Waals surface area contributed by atoms with Gasteiger partial charge in [-0.2, -0.15) is 0 Å². The van der Waals surface area contributed by atoms with E-state index in [0.717, 1.165) is 39.1 Å². The van der Waals surface area contributed by atoms with Crippen molar-refractivity contribution in [3.05, 3.63) is 29.8 Å². The Bertz CT molecular complexity index is 599. The number of para-hydroxylation sites is 1. The second kappa shape index (κ2) is 8.13. The highest BCUT2D eigenvalue weighted by atomic mass is 16.3. The molecular formula is C24H40N2O. The number of nitrogens with zero attached hydrogens (tertiary/aromatic N) is 2. The molecule has 3 nitrogen and oxygen atoms in total. The normalized spacial score (nSPS) is 24.7. The molecule has 1 N–H and O–H groups in total. The third-order valence-corrected chi connectivity index (χ3v) is 6.51. The van der Waals surface area contributed by atoms with Crippen LogP contribution in [-0.4, -0.2) is 48.8 Å². The molecule has 1 aromatic rings. The third-order valence-electron chi connectivity index (χ3n) is 6.51. The first-order valence-corrected chi connectivity index (χ1v) is 10.9. The molecule has 1 aliphatic carbocycles. The summed E-state index contributed by atoms with van der Waals surface area (Å²) in [6.45, 7) is 17.1. The topological polar surface area (TPSA) is 26.7 Å². The Kier molecular flexibility index (Phi) is 6.22. The van der Waals surface area contributed by atoms with E-state index in [1.807, 2.05) is 6.92 Å². The summed E-state index contributed by atoms with van der Waals surface area (Å²) < 4.78 is 0. The number of anilines is 1. The first-order valence-electron chi connectivity index (χ1n) is 10.9. The zero-order valence-corrected chi connectivity index (χ0v) is 18.2. The van der Waals surface area contributed by atoms with Crippen molar-refractivity contribution in [3.8, 4) is 0 Å². The van der Waals surface area contributed by atoms with Crippen LogP contribution in [0.25, 0.3) is 0 Å². The van der Waals surface area contributed by atoms with Crippen LogP contribution in [0.15, 0.2) is 24.3 Å². The second-order valence-electron chi connectivity index (χ2n) is 10.6. The first-order chi connectivity index (χ1) is 12.7. The van der Waals surface area contributed by atoms with Crippen LogP contribution in [0, 0.1) is 10.8 Å². The average molecular weight is 373 g/mol. The zero-order chi connectivity index (χ0) is 19.7. The summed E-state index contributed by atoms with van der Waals surface area (Å²) in [5, 5.41) is 9.54. The molecule has 0 spiro atoms. The van der Waals surface area contributed by atoms with E-state index < -0.39 is 0 Å². The van der Waals surface area contributed by atoms with Crippen LogP contribution in [0.3, 0.4) is 0 Å². The number of hydrogen-bond donors (Lipinski definition) is 1. The predicted molar refractivity (Wildman–Crippen MR) is 116 cm³/mol. The van der Waals surface area contributed by atoms with Crippen molar-refractivity contribution in [1.29, 1.82) is 0 Å². The summed E-state index contributed by atoms with van der Waals surface area (Å²) in [6, 6.07) is 9.16. The summed E-state index contributed by atoms with van der Waals surface area (Å²) in [5.41, 5.74) is 3.86. The van der Waals surface area contributed by atoms with Crippen LogP contribution in [-0.2, 0) is 0 Å². The molecule has 1 heterocycles. The molecule has 2 fully saturated rings. The van der Waals surface area contributed by atoms with Crippen LogP contribution in [0.4, 0.5) is 5.69 Å². The Morgan fingerprint density at radius 2 is 1.59 bits per heavy atom. The Labute approximate surface area is 166 Å². The fourth-order valence-corrected chi connectivity index (χ4v) is 5.77. The SMILES string of the molecule is CC(O)CCN1CCN(c2ccccc2C2CC(C)(C)CC(C)(C)C2)CC1. The van der Waals surface area contributed by atoms with Crippen molar-refractivity contribution >= 4 is 5.69 Å². The maximum atomic E-state index is 9.54. The average Bonchev–Trinajstić information content (AvgIpc) is 2.58. The number of aliphatic hydroxyl groups is 1. The zero-order valence-electron chi connectivity index (χ0n) is 18.2. The molecule has 0 radical (unpaired) electrons. The minimum Gasteiger partial charge on any atom is -0.393 e. The van der Waals surface area contributed by atoms with Crippen molar-refractivity contribution < 1.29 is 5.11 Å². The van der Waals surface area contributed by atoms with Gasteiger partial charge in [-0.1, -0.05) is 45.9 Å². The van der Waals surface area contributed by atoms with Crippen molar-refractivity contribution in [2.24, 2.45) is 10.8 Å². The number of hydrogen-bond acceptors (Lipinski definition) is 3. The first kappa shape index (κ1) is 20.7. The van der Waals surface area contributed by atoms with Gasteiger partial charge in [-0.3, -0.25) is 4.90 Å². The van der Waals surface area contributed by atoms with Gasteiger partial charge in [-0.05, 0) is 61.0 Å². The lowest BCUT2D eigenvalue weighted by Crippen LogP contribution is -2.47. The molecule has 0 amide bonds. The molecule has 1 aliphatic heterocycles. The smallest absolute Gasteiger partial charge is 0.0524 e. The van der Waals surface area contributed by atoms with Gasteiger partial charge in [0.05, 0.1) is 6.10 Å². The van der Waals surface area contributed by atoms with Gasteiger partial charge in [-0.15, -0.1) is 0 Å². The highest BCUT2D eigenvalue weighted by Gasteiger charge is 2.39. The monoisotopic (exact) mass is 372 g/mol. The van der Waals surface area contributed by atoms with Crippen LogP contribution in [0.5, 0.6) is 0 Å². The molecule has 152 valence electrons. The largest absolute Gasteiger partial charge is 0.393 e. The molecule has 1 aromatic carbocycles. The molecule has 0 aromatic heterocycles. The molecule has 1 atom stereocenters. The van der Waals surface area contributed by atoms with E-state index in [-0.39, 0.29) is 6.10 Å². The molecule has 1 unspecified atom stereocenters. The fraction of sp³-hybridized carbons (Fsp3) is 0.750. The summed E-state index contributed by atoms with van der Waals surface area (Å²) in [4.78, 5) is 5.10. The van der Waals surface area contributed by atoms with Gasteiger partial charge < -0.3 is 10.0 Å². The van der Waals surface area contributed by atoms with Crippen LogP contribution in [0.2, 0.25) is 0 Å². The lowest BCUT2D eigenvalue weighted by atomic mass is 9.60. The van der Waals surface area contributed by atoms with Crippen molar-refractivity contribution in [2.45, 2.75) is 72.3 Å². The Morgan fingerprint density at radius 3 is 2.19 bits per heavy atom. The van der Waals surface area contributed by atoms with E-state index in [4.69, 9.17) is 0 Å².